The normalized spacial score (nSPS) is 23.1. The van der Waals surface area contributed by atoms with Crippen LogP contribution in [0.5, 0.6) is 5.75 Å². The van der Waals surface area contributed by atoms with Gasteiger partial charge >= 0.3 is 5.97 Å². The van der Waals surface area contributed by atoms with Gasteiger partial charge in [0.25, 0.3) is 0 Å². The molecule has 0 radical (unpaired) electrons. The summed E-state index contributed by atoms with van der Waals surface area (Å²) < 4.78 is 42.8. The highest BCUT2D eigenvalue weighted by Crippen LogP contribution is 2.55. The van der Waals surface area contributed by atoms with E-state index >= 15 is 8.78 Å². The molecule has 0 spiro atoms. The molecule has 40 heavy (non-hydrogen) atoms. The van der Waals surface area contributed by atoms with Crippen LogP contribution in [0.1, 0.15) is 50.3 Å². The SMILES string of the molecule is COc1cccc(CN2C(C(=O)OC(C)(C)C)C(c3cccc(Cl)c3F)C(C#N)(c3ccc(Cl)cc3F)C2C)c1. The highest BCUT2D eigenvalue weighted by Gasteiger charge is 2.63. The molecule has 3 aromatic rings. The van der Waals surface area contributed by atoms with Crippen LogP contribution < -0.4 is 4.74 Å². The second kappa shape index (κ2) is 11.4. The second-order valence-electron chi connectivity index (χ2n) is 10.9. The molecule has 0 N–H and O–H groups in total. The zero-order valence-corrected chi connectivity index (χ0v) is 24.4. The first-order valence-electron chi connectivity index (χ1n) is 12.8. The standard InChI is InChI=1S/C31H30Cl2F2N2O3/c1-18-31(17-36,23-13-12-20(32)15-25(23)34)26(22-10-7-11-24(33)27(22)35)28(29(38)40-30(2,3)4)37(18)16-19-8-6-9-21(14-19)39-5/h6-15,18,26,28H,16H2,1-5H3. The fourth-order valence-corrected chi connectivity index (χ4v) is 6.01. The zero-order chi connectivity index (χ0) is 29.4. The third-order valence-electron chi connectivity index (χ3n) is 7.35. The minimum absolute atomic E-state index is 0.00187. The van der Waals surface area contributed by atoms with Crippen LogP contribution in [0.2, 0.25) is 10.0 Å². The Bertz CT molecular complexity index is 1470. The first-order chi connectivity index (χ1) is 18.8. The van der Waals surface area contributed by atoms with Gasteiger partial charge in [0.05, 0.1) is 18.2 Å². The Hall–Kier alpha value is -3.18. The van der Waals surface area contributed by atoms with E-state index in [9.17, 15) is 10.1 Å². The molecule has 0 aliphatic carbocycles. The molecule has 1 fully saturated rings. The van der Waals surface area contributed by atoms with Crippen molar-refractivity contribution in [1.82, 2.24) is 4.90 Å². The molecular weight excluding hydrogens is 557 g/mol. The van der Waals surface area contributed by atoms with Crippen molar-refractivity contribution < 1.29 is 23.0 Å². The largest absolute Gasteiger partial charge is 0.497 e. The maximum absolute atomic E-state index is 15.8. The van der Waals surface area contributed by atoms with Crippen LogP contribution in [0.15, 0.2) is 60.7 Å². The van der Waals surface area contributed by atoms with Crippen LogP contribution in [0.4, 0.5) is 8.78 Å². The number of halogens is 4. The fraction of sp³-hybridized carbons (Fsp3) is 0.355. The van der Waals surface area contributed by atoms with Gasteiger partial charge in [-0.1, -0.05) is 53.5 Å². The van der Waals surface area contributed by atoms with Gasteiger partial charge in [0.2, 0.25) is 0 Å². The van der Waals surface area contributed by atoms with Gasteiger partial charge in [-0.3, -0.25) is 9.69 Å². The number of benzene rings is 3. The first-order valence-corrected chi connectivity index (χ1v) is 13.5. The molecule has 5 nitrogen and oxygen atoms in total. The topological polar surface area (TPSA) is 62.6 Å². The molecule has 4 atom stereocenters. The van der Waals surface area contributed by atoms with Gasteiger partial charge in [-0.25, -0.2) is 8.78 Å². The number of esters is 1. The third-order valence-corrected chi connectivity index (χ3v) is 7.87. The van der Waals surface area contributed by atoms with Crippen molar-refractivity contribution in [3.05, 3.63) is 99.0 Å². The van der Waals surface area contributed by atoms with Crippen LogP contribution in [0.3, 0.4) is 0 Å². The lowest BCUT2D eigenvalue weighted by Crippen LogP contribution is -2.44. The van der Waals surface area contributed by atoms with E-state index in [0.717, 1.165) is 11.6 Å². The summed E-state index contributed by atoms with van der Waals surface area (Å²) in [6, 6.07) is 16.0. The molecule has 4 unspecified atom stereocenters. The predicted octanol–water partition coefficient (Wildman–Crippen LogP) is 7.44. The summed E-state index contributed by atoms with van der Waals surface area (Å²) in [5.74, 6) is -2.78. The number of carbonyl (C=O) groups excluding carboxylic acids is 1. The summed E-state index contributed by atoms with van der Waals surface area (Å²) in [5, 5.41) is 10.9. The van der Waals surface area contributed by atoms with Gasteiger partial charge in [-0.2, -0.15) is 5.26 Å². The van der Waals surface area contributed by atoms with E-state index in [4.69, 9.17) is 32.7 Å². The number of hydrogen-bond acceptors (Lipinski definition) is 5. The number of nitriles is 1. The number of hydrogen-bond donors (Lipinski definition) is 0. The number of methoxy groups -OCH3 is 1. The molecule has 0 amide bonds. The highest BCUT2D eigenvalue weighted by molar-refractivity contribution is 6.31. The quantitative estimate of drug-likeness (QED) is 0.281. The highest BCUT2D eigenvalue weighted by atomic mass is 35.5. The lowest BCUT2D eigenvalue weighted by atomic mass is 9.65. The molecular formula is C31H30Cl2F2N2O3. The Kier molecular flexibility index (Phi) is 8.46. The lowest BCUT2D eigenvalue weighted by molar-refractivity contribution is -0.161. The van der Waals surface area contributed by atoms with Gasteiger partial charge < -0.3 is 9.47 Å². The van der Waals surface area contributed by atoms with Gasteiger partial charge in [0.1, 0.15) is 34.4 Å². The third kappa shape index (κ3) is 5.41. The summed E-state index contributed by atoms with van der Waals surface area (Å²) in [7, 11) is 1.54. The number of rotatable bonds is 6. The minimum atomic E-state index is -1.74. The second-order valence-corrected chi connectivity index (χ2v) is 11.7. The molecule has 1 aliphatic heterocycles. The number of nitrogens with zero attached hydrogens (tertiary/aromatic N) is 2. The van der Waals surface area contributed by atoms with Crippen molar-refractivity contribution >= 4 is 29.2 Å². The van der Waals surface area contributed by atoms with Crippen molar-refractivity contribution in [3.63, 3.8) is 0 Å². The molecule has 0 bridgehead atoms. The Morgan fingerprint density at radius 2 is 1.80 bits per heavy atom. The van der Waals surface area contributed by atoms with Crippen LogP contribution >= 0.6 is 23.2 Å². The minimum Gasteiger partial charge on any atom is -0.497 e. The van der Waals surface area contributed by atoms with Crippen molar-refractivity contribution in [1.29, 1.82) is 5.26 Å². The van der Waals surface area contributed by atoms with Gasteiger partial charge in [0, 0.05) is 29.1 Å². The zero-order valence-electron chi connectivity index (χ0n) is 22.8. The molecule has 0 saturated carbocycles. The van der Waals surface area contributed by atoms with Gasteiger partial charge in [-0.15, -0.1) is 0 Å². The molecule has 1 aliphatic rings. The summed E-state index contributed by atoms with van der Waals surface area (Å²) in [5.41, 5.74) is -1.84. The van der Waals surface area contributed by atoms with Crippen molar-refractivity contribution in [2.75, 3.05) is 7.11 Å². The summed E-state index contributed by atoms with van der Waals surface area (Å²) >= 11 is 12.3. The first kappa shape index (κ1) is 29.8. The fourth-order valence-electron chi connectivity index (χ4n) is 5.67. The molecule has 210 valence electrons. The van der Waals surface area contributed by atoms with Crippen LogP contribution in [-0.2, 0) is 21.5 Å². The maximum Gasteiger partial charge on any atom is 0.324 e. The molecule has 0 aromatic heterocycles. The Morgan fingerprint density at radius 3 is 2.42 bits per heavy atom. The summed E-state index contributed by atoms with van der Waals surface area (Å²) in [4.78, 5) is 15.8. The van der Waals surface area contributed by atoms with Crippen molar-refractivity contribution in [2.45, 2.75) is 63.3 Å². The number of ether oxygens (including phenoxy) is 2. The van der Waals surface area contributed by atoms with E-state index in [2.05, 4.69) is 6.07 Å². The van der Waals surface area contributed by atoms with E-state index in [1.54, 1.807) is 51.8 Å². The van der Waals surface area contributed by atoms with E-state index in [1.165, 1.54) is 24.3 Å². The van der Waals surface area contributed by atoms with Gasteiger partial charge in [0.15, 0.2) is 0 Å². The van der Waals surface area contributed by atoms with Crippen LogP contribution in [0, 0.1) is 23.0 Å². The Balaban J connectivity index is 2.03. The number of likely N-dealkylation sites (tertiary alicyclic amines) is 1. The molecule has 1 saturated heterocycles. The molecule has 1 heterocycles. The summed E-state index contributed by atoms with van der Waals surface area (Å²) in [6.45, 7) is 7.07. The smallest absolute Gasteiger partial charge is 0.324 e. The van der Waals surface area contributed by atoms with E-state index in [1.807, 2.05) is 18.2 Å². The molecule has 4 rings (SSSR count). The van der Waals surface area contributed by atoms with E-state index in [0.29, 0.717) is 5.75 Å². The van der Waals surface area contributed by atoms with E-state index < -0.39 is 46.6 Å². The summed E-state index contributed by atoms with van der Waals surface area (Å²) in [6.07, 6.45) is 0. The van der Waals surface area contributed by atoms with Gasteiger partial charge in [-0.05, 0) is 69.2 Å². The maximum atomic E-state index is 15.8. The molecule has 9 heteroatoms. The average molecular weight is 587 g/mol. The van der Waals surface area contributed by atoms with E-state index in [-0.39, 0.29) is 27.7 Å². The monoisotopic (exact) mass is 586 g/mol. The molecule has 3 aromatic carbocycles. The van der Waals surface area contributed by atoms with Crippen LogP contribution in [0.25, 0.3) is 0 Å². The average Bonchev–Trinajstić information content (AvgIpc) is 3.13. The number of carbonyl (C=O) groups is 1. The Labute approximate surface area is 243 Å². The van der Waals surface area contributed by atoms with Crippen molar-refractivity contribution in [2.24, 2.45) is 0 Å². The van der Waals surface area contributed by atoms with Crippen molar-refractivity contribution in [3.8, 4) is 11.8 Å². The Morgan fingerprint density at radius 1 is 1.10 bits per heavy atom. The predicted molar refractivity (Wildman–Crippen MR) is 150 cm³/mol. The van der Waals surface area contributed by atoms with Crippen LogP contribution in [-0.4, -0.2) is 35.7 Å². The lowest BCUT2D eigenvalue weighted by Gasteiger charge is -2.34.